The van der Waals surface area contributed by atoms with E-state index in [1.807, 2.05) is 0 Å². The highest BCUT2D eigenvalue weighted by atomic mass is 32.1. The van der Waals surface area contributed by atoms with Crippen LogP contribution >= 0.6 is 11.3 Å². The molecule has 1 unspecified atom stereocenters. The molecule has 2 fully saturated rings. The maximum absolute atomic E-state index is 13.1. The quantitative estimate of drug-likeness (QED) is 0.807. The molecule has 6 nitrogen and oxygen atoms in total. The molecule has 2 saturated heterocycles. The number of thiophene rings is 1. The standard InChI is InChI=1S/C20H29N5OS/c1-3-16-12-17-18(21-14-22-19(17)27-16)25-7-5-6-15(13-25)20(26)24-10-8-23(4-2)9-11-24/h12,14-15H,3-11,13H2,1-2H3. The van der Waals surface area contributed by atoms with Crippen LogP contribution < -0.4 is 4.90 Å². The zero-order valence-electron chi connectivity index (χ0n) is 16.4. The molecule has 2 aromatic heterocycles. The molecule has 146 valence electrons. The molecule has 0 spiro atoms. The van der Waals surface area contributed by atoms with Crippen LogP contribution in [0.1, 0.15) is 31.6 Å². The van der Waals surface area contributed by atoms with Crippen molar-refractivity contribution in [3.63, 3.8) is 0 Å². The topological polar surface area (TPSA) is 52.6 Å². The van der Waals surface area contributed by atoms with Gasteiger partial charge in [0.25, 0.3) is 0 Å². The zero-order chi connectivity index (χ0) is 18.8. The van der Waals surface area contributed by atoms with Gasteiger partial charge in [-0.05, 0) is 31.9 Å². The van der Waals surface area contributed by atoms with Gasteiger partial charge in [-0.3, -0.25) is 4.79 Å². The molecule has 0 saturated carbocycles. The first kappa shape index (κ1) is 18.6. The van der Waals surface area contributed by atoms with Crippen molar-refractivity contribution in [3.05, 3.63) is 17.3 Å². The molecular weight excluding hydrogens is 358 g/mol. The average molecular weight is 388 g/mol. The van der Waals surface area contributed by atoms with Crippen molar-refractivity contribution >= 4 is 33.3 Å². The number of carbonyl (C=O) groups excluding carboxylic acids is 1. The number of fused-ring (bicyclic) bond motifs is 1. The van der Waals surface area contributed by atoms with Crippen LogP contribution in [-0.2, 0) is 11.2 Å². The van der Waals surface area contributed by atoms with Crippen molar-refractivity contribution in [2.45, 2.75) is 33.1 Å². The summed E-state index contributed by atoms with van der Waals surface area (Å²) in [6.45, 7) is 10.9. The van der Waals surface area contributed by atoms with Gasteiger partial charge in [-0.1, -0.05) is 13.8 Å². The summed E-state index contributed by atoms with van der Waals surface area (Å²) in [4.78, 5) is 31.3. The molecule has 4 heterocycles. The summed E-state index contributed by atoms with van der Waals surface area (Å²) >= 11 is 1.75. The molecule has 0 aromatic carbocycles. The Kier molecular flexibility index (Phi) is 5.59. The first-order chi connectivity index (χ1) is 13.2. The lowest BCUT2D eigenvalue weighted by Crippen LogP contribution is -2.52. The van der Waals surface area contributed by atoms with Crippen molar-refractivity contribution < 1.29 is 4.79 Å². The van der Waals surface area contributed by atoms with Crippen molar-refractivity contribution in [1.82, 2.24) is 19.8 Å². The van der Waals surface area contributed by atoms with Crippen molar-refractivity contribution in [3.8, 4) is 0 Å². The molecule has 0 N–H and O–H groups in total. The van der Waals surface area contributed by atoms with Gasteiger partial charge in [-0.2, -0.15) is 0 Å². The van der Waals surface area contributed by atoms with Crippen LogP contribution in [0, 0.1) is 5.92 Å². The van der Waals surface area contributed by atoms with Gasteiger partial charge in [0, 0.05) is 44.1 Å². The number of aryl methyl sites for hydroxylation is 1. The van der Waals surface area contributed by atoms with E-state index in [0.29, 0.717) is 5.91 Å². The van der Waals surface area contributed by atoms with Gasteiger partial charge in [-0.25, -0.2) is 9.97 Å². The lowest BCUT2D eigenvalue weighted by Gasteiger charge is -2.39. The number of hydrogen-bond donors (Lipinski definition) is 0. The van der Waals surface area contributed by atoms with Crippen LogP contribution in [0.3, 0.4) is 0 Å². The van der Waals surface area contributed by atoms with E-state index in [-0.39, 0.29) is 5.92 Å². The van der Waals surface area contributed by atoms with Crippen LogP contribution in [0.5, 0.6) is 0 Å². The number of piperidine rings is 1. The predicted octanol–water partition coefficient (Wildman–Crippen LogP) is 2.63. The summed E-state index contributed by atoms with van der Waals surface area (Å²) in [7, 11) is 0. The molecule has 1 amide bonds. The second kappa shape index (κ2) is 8.10. The van der Waals surface area contributed by atoms with Crippen LogP contribution in [0.25, 0.3) is 10.2 Å². The highest BCUT2D eigenvalue weighted by Crippen LogP contribution is 2.33. The summed E-state index contributed by atoms with van der Waals surface area (Å²) in [6, 6.07) is 2.23. The summed E-state index contributed by atoms with van der Waals surface area (Å²) < 4.78 is 0. The molecule has 0 radical (unpaired) electrons. The Labute approximate surface area is 165 Å². The molecule has 2 aliphatic heterocycles. The Morgan fingerprint density at radius 3 is 2.74 bits per heavy atom. The third kappa shape index (κ3) is 3.80. The van der Waals surface area contributed by atoms with Gasteiger partial charge < -0.3 is 14.7 Å². The van der Waals surface area contributed by atoms with Gasteiger partial charge >= 0.3 is 0 Å². The summed E-state index contributed by atoms with van der Waals surface area (Å²) in [5, 5.41) is 1.14. The number of amides is 1. The van der Waals surface area contributed by atoms with Crippen LogP contribution in [0.15, 0.2) is 12.4 Å². The number of anilines is 1. The van der Waals surface area contributed by atoms with Gasteiger partial charge in [0.2, 0.25) is 5.91 Å². The van der Waals surface area contributed by atoms with Gasteiger partial charge in [0.15, 0.2) is 0 Å². The van der Waals surface area contributed by atoms with Gasteiger partial charge in [-0.15, -0.1) is 11.3 Å². The monoisotopic (exact) mass is 387 g/mol. The number of aromatic nitrogens is 2. The Hall–Kier alpha value is -1.73. The Bertz CT molecular complexity index is 799. The van der Waals surface area contributed by atoms with Crippen molar-refractivity contribution in [2.75, 3.05) is 50.7 Å². The van der Waals surface area contributed by atoms with Gasteiger partial charge in [0.1, 0.15) is 17.0 Å². The highest BCUT2D eigenvalue weighted by molar-refractivity contribution is 7.18. The maximum Gasteiger partial charge on any atom is 0.227 e. The Morgan fingerprint density at radius 2 is 2.00 bits per heavy atom. The number of rotatable bonds is 4. The molecule has 4 rings (SSSR count). The van der Waals surface area contributed by atoms with Crippen LogP contribution in [-0.4, -0.2) is 71.5 Å². The van der Waals surface area contributed by atoms with E-state index in [1.54, 1.807) is 17.7 Å². The lowest BCUT2D eigenvalue weighted by atomic mass is 9.96. The highest BCUT2D eigenvalue weighted by Gasteiger charge is 2.32. The SMILES string of the molecule is CCc1cc2c(N3CCCC(C(=O)N4CCN(CC)CC4)C3)ncnc2s1. The van der Waals surface area contributed by atoms with E-state index >= 15 is 0 Å². The van der Waals surface area contributed by atoms with E-state index in [9.17, 15) is 4.79 Å². The molecule has 7 heteroatoms. The van der Waals surface area contributed by atoms with Crippen molar-refractivity contribution in [2.24, 2.45) is 5.92 Å². The molecule has 0 aliphatic carbocycles. The lowest BCUT2D eigenvalue weighted by molar-refractivity contribution is -0.137. The van der Waals surface area contributed by atoms with E-state index in [2.05, 4.69) is 44.6 Å². The second-order valence-corrected chi connectivity index (χ2v) is 8.64. The smallest absolute Gasteiger partial charge is 0.227 e. The fourth-order valence-electron chi connectivity index (χ4n) is 4.23. The minimum atomic E-state index is 0.0845. The first-order valence-corrected chi connectivity index (χ1v) is 11.0. The fraction of sp³-hybridized carbons (Fsp3) is 0.650. The predicted molar refractivity (Wildman–Crippen MR) is 110 cm³/mol. The van der Waals surface area contributed by atoms with E-state index in [0.717, 1.165) is 81.1 Å². The normalized spacial score (nSPS) is 21.8. The third-order valence-electron chi connectivity index (χ3n) is 5.91. The third-order valence-corrected chi connectivity index (χ3v) is 7.10. The molecule has 2 aliphatic rings. The van der Waals surface area contributed by atoms with Crippen LogP contribution in [0.4, 0.5) is 5.82 Å². The van der Waals surface area contributed by atoms with E-state index < -0.39 is 0 Å². The number of carbonyl (C=O) groups is 1. The number of hydrogen-bond acceptors (Lipinski definition) is 6. The summed E-state index contributed by atoms with van der Waals surface area (Å²) in [5.41, 5.74) is 0. The molecular formula is C20H29N5OS. The number of likely N-dealkylation sites (N-methyl/N-ethyl adjacent to an activating group) is 1. The van der Waals surface area contributed by atoms with E-state index in [1.165, 1.54) is 4.88 Å². The zero-order valence-corrected chi connectivity index (χ0v) is 17.2. The minimum absolute atomic E-state index is 0.0845. The number of nitrogens with zero attached hydrogens (tertiary/aromatic N) is 5. The summed E-state index contributed by atoms with van der Waals surface area (Å²) in [5.74, 6) is 1.42. The largest absolute Gasteiger partial charge is 0.355 e. The average Bonchev–Trinajstić information content (AvgIpc) is 3.17. The maximum atomic E-state index is 13.1. The Balaban J connectivity index is 1.48. The van der Waals surface area contributed by atoms with Crippen LogP contribution in [0.2, 0.25) is 0 Å². The molecule has 1 atom stereocenters. The Morgan fingerprint density at radius 1 is 1.19 bits per heavy atom. The van der Waals surface area contributed by atoms with Crippen molar-refractivity contribution in [1.29, 1.82) is 0 Å². The van der Waals surface area contributed by atoms with Gasteiger partial charge in [0.05, 0.1) is 11.3 Å². The molecule has 2 aromatic rings. The summed E-state index contributed by atoms with van der Waals surface area (Å²) in [6.07, 6.45) is 4.72. The fourth-order valence-corrected chi connectivity index (χ4v) is 5.16. The molecule has 27 heavy (non-hydrogen) atoms. The minimum Gasteiger partial charge on any atom is -0.355 e. The van der Waals surface area contributed by atoms with E-state index in [4.69, 9.17) is 0 Å². The molecule has 0 bridgehead atoms. The second-order valence-electron chi connectivity index (χ2n) is 7.53. The first-order valence-electron chi connectivity index (χ1n) is 10.2. The number of piperazine rings is 1.